The summed E-state index contributed by atoms with van der Waals surface area (Å²) in [6, 6.07) is 25.1. The molecule has 2 aliphatic rings. The van der Waals surface area contributed by atoms with Crippen molar-refractivity contribution in [1.82, 2.24) is 4.90 Å². The molecule has 0 bridgehead atoms. The van der Waals surface area contributed by atoms with Crippen LogP contribution in [0.2, 0.25) is 0 Å². The molecule has 188 valence electrons. The molecule has 3 aromatic carbocycles. The topological polar surface area (TPSA) is 29.5 Å². The highest BCUT2D eigenvalue weighted by molar-refractivity contribution is 8.00. The van der Waals surface area contributed by atoms with Gasteiger partial charge in [0.1, 0.15) is 5.82 Å². The van der Waals surface area contributed by atoms with E-state index in [1.807, 2.05) is 17.8 Å². The van der Waals surface area contributed by atoms with Gasteiger partial charge in [-0.15, -0.1) is 11.8 Å². The lowest BCUT2D eigenvalue weighted by Gasteiger charge is -2.33. The van der Waals surface area contributed by atoms with Gasteiger partial charge in [0.05, 0.1) is 12.7 Å². The average Bonchev–Trinajstić information content (AvgIpc) is 2.93. The Bertz CT molecular complexity index is 1130. The molecule has 2 aliphatic heterocycles. The maximum Gasteiger partial charge on any atom is 0.166 e. The number of ether oxygens (including phenoxy) is 1. The van der Waals surface area contributed by atoms with E-state index in [4.69, 9.17) is 4.74 Å². The molecular weight excluding hydrogens is 469 g/mol. The molecule has 0 spiro atoms. The van der Waals surface area contributed by atoms with E-state index >= 15 is 0 Å². The number of nitrogens with zero attached hydrogens (tertiary/aromatic N) is 1. The fraction of sp³-hybridized carbons (Fsp3) is 0.387. The van der Waals surface area contributed by atoms with Crippen molar-refractivity contribution >= 4 is 17.5 Å². The average molecular weight is 504 g/mol. The van der Waals surface area contributed by atoms with E-state index in [0.717, 1.165) is 45.3 Å². The van der Waals surface area contributed by atoms with Crippen LogP contribution in [0.3, 0.4) is 0 Å². The van der Waals surface area contributed by atoms with Gasteiger partial charge in [0.15, 0.2) is 5.78 Å². The largest absolute Gasteiger partial charge is 0.369 e. The van der Waals surface area contributed by atoms with E-state index in [0.29, 0.717) is 17.4 Å². The molecule has 1 saturated heterocycles. The lowest BCUT2D eigenvalue weighted by molar-refractivity contribution is 0.0299. The number of piperidine rings is 1. The van der Waals surface area contributed by atoms with Crippen molar-refractivity contribution in [3.63, 3.8) is 0 Å². The second-order valence-corrected chi connectivity index (χ2v) is 11.3. The number of likely N-dealkylation sites (tertiary alicyclic amines) is 1. The first-order valence-electron chi connectivity index (χ1n) is 13.1. The number of ketones is 1. The highest BCUT2D eigenvalue weighted by Gasteiger charge is 2.29. The van der Waals surface area contributed by atoms with Crippen LogP contribution in [0.4, 0.5) is 4.39 Å². The maximum atomic E-state index is 13.2. The summed E-state index contributed by atoms with van der Waals surface area (Å²) in [6.45, 7) is 3.64. The van der Waals surface area contributed by atoms with E-state index < -0.39 is 0 Å². The molecule has 36 heavy (non-hydrogen) atoms. The number of hydrogen-bond donors (Lipinski definition) is 0. The van der Waals surface area contributed by atoms with Gasteiger partial charge >= 0.3 is 0 Å². The number of Topliss-reactive ketones (excluding diaryl/α,β-unsaturated/α-hetero) is 1. The van der Waals surface area contributed by atoms with Crippen molar-refractivity contribution in [3.05, 3.63) is 101 Å². The summed E-state index contributed by atoms with van der Waals surface area (Å²) in [7, 11) is 0. The summed E-state index contributed by atoms with van der Waals surface area (Å²) in [4.78, 5) is 16.6. The Morgan fingerprint density at radius 2 is 1.67 bits per heavy atom. The van der Waals surface area contributed by atoms with Gasteiger partial charge in [0.2, 0.25) is 0 Å². The van der Waals surface area contributed by atoms with Crippen LogP contribution in [0.5, 0.6) is 0 Å². The molecule has 3 nitrogen and oxygen atoms in total. The van der Waals surface area contributed by atoms with Gasteiger partial charge in [-0.25, -0.2) is 4.39 Å². The molecule has 1 fully saturated rings. The second-order valence-electron chi connectivity index (χ2n) is 9.93. The van der Waals surface area contributed by atoms with Crippen molar-refractivity contribution in [2.24, 2.45) is 5.92 Å². The van der Waals surface area contributed by atoms with Crippen molar-refractivity contribution in [2.45, 2.75) is 55.0 Å². The van der Waals surface area contributed by atoms with E-state index in [-0.39, 0.29) is 23.6 Å². The standard InChI is InChI=1S/C31H34FNO2S/c32-26-14-12-24(13-15-26)31(34)25-16-19-33(20-17-25)18-6-9-27-21-29(28-10-4-5-11-30(28)36-27)35-22-23-7-2-1-3-8-23/h1-5,7-8,10-15,25,27,29H,6,9,16-22H2. The SMILES string of the molecule is O=C(c1ccc(F)cc1)C1CCN(CCCC2CC(OCc3ccccc3)c3ccccc3S2)CC1. The predicted octanol–water partition coefficient (Wildman–Crippen LogP) is 7.32. The minimum absolute atomic E-state index is 0.0552. The summed E-state index contributed by atoms with van der Waals surface area (Å²) in [6.07, 6.45) is 5.28. The second kappa shape index (κ2) is 12.2. The number of halogens is 1. The number of fused-ring (bicyclic) bond motifs is 1. The molecule has 0 radical (unpaired) electrons. The molecule has 5 heteroatoms. The van der Waals surface area contributed by atoms with Gasteiger partial charge in [-0.2, -0.15) is 0 Å². The third kappa shape index (κ3) is 6.44. The monoisotopic (exact) mass is 503 g/mol. The van der Waals surface area contributed by atoms with Crippen LogP contribution < -0.4 is 0 Å². The third-order valence-corrected chi connectivity index (χ3v) is 8.81. The molecule has 0 aliphatic carbocycles. The molecule has 0 saturated carbocycles. The number of carbonyl (C=O) groups is 1. The minimum Gasteiger partial charge on any atom is -0.369 e. The Balaban J connectivity index is 1.09. The Hall–Kier alpha value is -2.47. The first-order valence-corrected chi connectivity index (χ1v) is 14.0. The van der Waals surface area contributed by atoms with Crippen LogP contribution in [0.25, 0.3) is 0 Å². The first-order chi connectivity index (χ1) is 17.7. The molecule has 0 N–H and O–H groups in total. The Labute approximate surface area is 218 Å². The van der Waals surface area contributed by atoms with E-state index in [2.05, 4.69) is 53.4 Å². The van der Waals surface area contributed by atoms with Crippen LogP contribution in [0.15, 0.2) is 83.8 Å². The summed E-state index contributed by atoms with van der Waals surface area (Å²) >= 11 is 2.00. The number of thioether (sulfide) groups is 1. The van der Waals surface area contributed by atoms with E-state index in [9.17, 15) is 9.18 Å². The Morgan fingerprint density at radius 1 is 0.944 bits per heavy atom. The molecular formula is C31H34FNO2S. The van der Waals surface area contributed by atoms with E-state index in [1.165, 1.54) is 34.6 Å². The molecule has 0 aromatic heterocycles. The minimum atomic E-state index is -0.296. The lowest BCUT2D eigenvalue weighted by atomic mass is 9.89. The molecule has 2 unspecified atom stereocenters. The van der Waals surface area contributed by atoms with Crippen molar-refractivity contribution in [2.75, 3.05) is 19.6 Å². The number of carbonyl (C=O) groups excluding carboxylic acids is 1. The van der Waals surface area contributed by atoms with Gasteiger partial charge in [-0.05, 0) is 93.2 Å². The fourth-order valence-electron chi connectivity index (χ4n) is 5.36. The van der Waals surface area contributed by atoms with Gasteiger partial charge in [0, 0.05) is 21.6 Å². The lowest BCUT2D eigenvalue weighted by Crippen LogP contribution is -2.37. The van der Waals surface area contributed by atoms with Crippen molar-refractivity contribution in [1.29, 1.82) is 0 Å². The smallest absolute Gasteiger partial charge is 0.166 e. The van der Waals surface area contributed by atoms with Crippen molar-refractivity contribution < 1.29 is 13.9 Å². The highest BCUT2D eigenvalue weighted by atomic mass is 32.2. The first kappa shape index (κ1) is 25.2. The highest BCUT2D eigenvalue weighted by Crippen LogP contribution is 2.44. The van der Waals surface area contributed by atoms with Crippen LogP contribution in [0.1, 0.15) is 59.7 Å². The quantitative estimate of drug-likeness (QED) is 0.286. The summed E-state index contributed by atoms with van der Waals surface area (Å²) in [5, 5.41) is 0.554. The zero-order valence-corrected chi connectivity index (χ0v) is 21.5. The molecule has 2 atom stereocenters. The maximum absolute atomic E-state index is 13.2. The molecule has 0 amide bonds. The summed E-state index contributed by atoms with van der Waals surface area (Å²) in [5.74, 6) is -0.0804. The zero-order chi connectivity index (χ0) is 24.7. The van der Waals surface area contributed by atoms with Crippen LogP contribution in [-0.4, -0.2) is 35.6 Å². The zero-order valence-electron chi connectivity index (χ0n) is 20.7. The number of benzene rings is 3. The van der Waals surface area contributed by atoms with E-state index in [1.54, 1.807) is 12.1 Å². The summed E-state index contributed by atoms with van der Waals surface area (Å²) < 4.78 is 19.6. The Morgan fingerprint density at radius 3 is 2.44 bits per heavy atom. The summed E-state index contributed by atoms with van der Waals surface area (Å²) in [5.41, 5.74) is 3.17. The number of rotatable bonds is 9. The molecule has 3 aromatic rings. The van der Waals surface area contributed by atoms with Gasteiger partial charge < -0.3 is 9.64 Å². The van der Waals surface area contributed by atoms with Gasteiger partial charge in [-0.3, -0.25) is 4.79 Å². The van der Waals surface area contributed by atoms with Crippen LogP contribution >= 0.6 is 11.8 Å². The van der Waals surface area contributed by atoms with Gasteiger partial charge in [0.25, 0.3) is 0 Å². The van der Waals surface area contributed by atoms with Crippen molar-refractivity contribution in [3.8, 4) is 0 Å². The molecule has 2 heterocycles. The van der Waals surface area contributed by atoms with Gasteiger partial charge in [-0.1, -0.05) is 48.5 Å². The van der Waals surface area contributed by atoms with Crippen LogP contribution in [-0.2, 0) is 11.3 Å². The number of hydrogen-bond acceptors (Lipinski definition) is 4. The normalized spacial score (nSPS) is 20.7. The third-order valence-electron chi connectivity index (χ3n) is 7.42. The van der Waals surface area contributed by atoms with Crippen LogP contribution in [0, 0.1) is 11.7 Å². The Kier molecular flexibility index (Phi) is 8.52. The predicted molar refractivity (Wildman–Crippen MR) is 144 cm³/mol. The molecule has 5 rings (SSSR count). The fourth-order valence-corrected chi connectivity index (χ4v) is 6.77.